The van der Waals surface area contributed by atoms with Gasteiger partial charge in [0, 0.05) is 11.8 Å². The summed E-state index contributed by atoms with van der Waals surface area (Å²) in [6.07, 6.45) is 0. The molecule has 1 N–H and O–H groups in total. The van der Waals surface area contributed by atoms with Gasteiger partial charge in [0.1, 0.15) is 5.82 Å². The van der Waals surface area contributed by atoms with Crippen molar-refractivity contribution in [3.63, 3.8) is 0 Å². The number of amides is 1. The van der Waals surface area contributed by atoms with Crippen LogP contribution < -0.4 is 10.1 Å². The van der Waals surface area contributed by atoms with Gasteiger partial charge in [0.05, 0.1) is 17.6 Å². The van der Waals surface area contributed by atoms with Gasteiger partial charge in [-0.2, -0.15) is 0 Å². The maximum atomic E-state index is 12.8. The van der Waals surface area contributed by atoms with Crippen molar-refractivity contribution in [2.24, 2.45) is 0 Å². The van der Waals surface area contributed by atoms with Crippen LogP contribution in [0.1, 0.15) is 10.4 Å². The van der Waals surface area contributed by atoms with Crippen LogP contribution in [0.4, 0.5) is 15.8 Å². The topological polar surface area (TPSA) is 81.5 Å². The molecule has 0 saturated carbocycles. The summed E-state index contributed by atoms with van der Waals surface area (Å²) in [6.45, 7) is 0. The Morgan fingerprint density at radius 3 is 2.48 bits per heavy atom. The Balaban J connectivity index is 2.33. The van der Waals surface area contributed by atoms with Crippen LogP contribution in [0.2, 0.25) is 0 Å². The Morgan fingerprint density at radius 2 is 1.90 bits per heavy atom. The number of para-hydroxylation sites is 1. The molecule has 0 fully saturated rings. The second-order valence-corrected chi connectivity index (χ2v) is 4.08. The third-order valence-corrected chi connectivity index (χ3v) is 2.74. The minimum Gasteiger partial charge on any atom is -0.490 e. The summed E-state index contributed by atoms with van der Waals surface area (Å²) in [5, 5.41) is 13.4. The van der Waals surface area contributed by atoms with Crippen LogP contribution in [-0.2, 0) is 0 Å². The number of rotatable bonds is 4. The standard InChI is InChI=1S/C14H11FN2O4/c1-21-13-11(3-2-4-12(13)17(19)20)14(18)16-10-7-5-9(15)6-8-10/h2-8H,1H3,(H,16,18). The second kappa shape index (κ2) is 6.00. The number of nitro benzene ring substituents is 1. The molecule has 0 unspecified atom stereocenters. The Bertz CT molecular complexity index is 686. The lowest BCUT2D eigenvalue weighted by Crippen LogP contribution is -2.13. The van der Waals surface area contributed by atoms with Gasteiger partial charge in [0.25, 0.3) is 5.91 Å². The number of methoxy groups -OCH3 is 1. The maximum Gasteiger partial charge on any atom is 0.311 e. The molecule has 108 valence electrons. The monoisotopic (exact) mass is 290 g/mol. The number of benzene rings is 2. The fourth-order valence-corrected chi connectivity index (χ4v) is 1.79. The van der Waals surface area contributed by atoms with Gasteiger partial charge in [-0.3, -0.25) is 14.9 Å². The van der Waals surface area contributed by atoms with Crippen molar-refractivity contribution in [1.82, 2.24) is 0 Å². The predicted molar refractivity (Wildman–Crippen MR) is 74.0 cm³/mol. The molecule has 0 aliphatic rings. The average molecular weight is 290 g/mol. The van der Waals surface area contributed by atoms with Crippen LogP contribution in [0.25, 0.3) is 0 Å². The highest BCUT2D eigenvalue weighted by Crippen LogP contribution is 2.31. The van der Waals surface area contributed by atoms with Gasteiger partial charge < -0.3 is 10.1 Å². The molecular formula is C14H11FN2O4. The zero-order valence-electron chi connectivity index (χ0n) is 11.0. The smallest absolute Gasteiger partial charge is 0.311 e. The highest BCUT2D eigenvalue weighted by molar-refractivity contribution is 6.07. The molecule has 21 heavy (non-hydrogen) atoms. The Labute approximate surface area is 119 Å². The average Bonchev–Trinajstić information content (AvgIpc) is 2.48. The molecule has 0 heterocycles. The first-order chi connectivity index (χ1) is 10.0. The van der Waals surface area contributed by atoms with Gasteiger partial charge in [0.15, 0.2) is 0 Å². The number of hydrogen-bond acceptors (Lipinski definition) is 4. The minimum atomic E-state index is -0.631. The third kappa shape index (κ3) is 3.14. The van der Waals surface area contributed by atoms with Crippen molar-refractivity contribution >= 4 is 17.3 Å². The molecule has 0 aromatic heterocycles. The van der Waals surface area contributed by atoms with E-state index in [4.69, 9.17) is 4.74 Å². The first-order valence-corrected chi connectivity index (χ1v) is 5.91. The molecule has 7 heteroatoms. The van der Waals surface area contributed by atoms with Gasteiger partial charge in [-0.05, 0) is 30.3 Å². The largest absolute Gasteiger partial charge is 0.490 e. The van der Waals surface area contributed by atoms with Crippen molar-refractivity contribution < 1.29 is 18.8 Å². The van der Waals surface area contributed by atoms with E-state index in [0.29, 0.717) is 5.69 Å². The number of halogens is 1. The van der Waals surface area contributed by atoms with Gasteiger partial charge in [-0.25, -0.2) is 4.39 Å². The zero-order valence-corrected chi connectivity index (χ0v) is 11.0. The van der Waals surface area contributed by atoms with E-state index in [1.807, 2.05) is 0 Å². The summed E-state index contributed by atoms with van der Waals surface area (Å²) in [4.78, 5) is 22.4. The van der Waals surface area contributed by atoms with Crippen molar-refractivity contribution in [2.45, 2.75) is 0 Å². The quantitative estimate of drug-likeness (QED) is 0.693. The van der Waals surface area contributed by atoms with E-state index in [-0.39, 0.29) is 17.0 Å². The summed E-state index contributed by atoms with van der Waals surface area (Å²) >= 11 is 0. The molecule has 0 aliphatic carbocycles. The SMILES string of the molecule is COc1c(C(=O)Nc2ccc(F)cc2)cccc1[N+](=O)[O-]. The second-order valence-electron chi connectivity index (χ2n) is 4.08. The molecule has 6 nitrogen and oxygen atoms in total. The van der Waals surface area contributed by atoms with E-state index in [1.54, 1.807) is 0 Å². The van der Waals surface area contributed by atoms with Crippen LogP contribution in [0.5, 0.6) is 5.75 Å². The third-order valence-electron chi connectivity index (χ3n) is 2.74. The molecule has 1 amide bonds. The van der Waals surface area contributed by atoms with Crippen LogP contribution in [0.3, 0.4) is 0 Å². The molecule has 0 atom stereocenters. The lowest BCUT2D eigenvalue weighted by Gasteiger charge is -2.09. The number of carbonyl (C=O) groups is 1. The summed E-state index contributed by atoms with van der Waals surface area (Å²) in [6, 6.07) is 9.20. The zero-order chi connectivity index (χ0) is 15.4. The fraction of sp³-hybridized carbons (Fsp3) is 0.0714. The van der Waals surface area contributed by atoms with Crippen molar-refractivity contribution in [1.29, 1.82) is 0 Å². The summed E-state index contributed by atoms with van der Waals surface area (Å²) < 4.78 is 17.8. The Hall–Kier alpha value is -2.96. The van der Waals surface area contributed by atoms with Gasteiger partial charge in [-0.15, -0.1) is 0 Å². The van der Waals surface area contributed by atoms with Crippen LogP contribution >= 0.6 is 0 Å². The molecule has 0 aliphatic heterocycles. The molecule has 0 saturated heterocycles. The van der Waals surface area contributed by atoms with Crippen LogP contribution in [-0.4, -0.2) is 17.9 Å². The molecule has 0 spiro atoms. The van der Waals surface area contributed by atoms with Crippen molar-refractivity contribution in [3.8, 4) is 5.75 Å². The molecule has 2 aromatic rings. The van der Waals surface area contributed by atoms with Crippen molar-refractivity contribution in [2.75, 3.05) is 12.4 Å². The molecular weight excluding hydrogens is 279 g/mol. The summed E-state index contributed by atoms with van der Waals surface area (Å²) in [5.41, 5.74) is 0.0928. The normalized spacial score (nSPS) is 10.0. The molecule has 2 aromatic carbocycles. The van der Waals surface area contributed by atoms with E-state index in [9.17, 15) is 19.3 Å². The van der Waals surface area contributed by atoms with E-state index < -0.39 is 16.6 Å². The number of nitrogens with zero attached hydrogens (tertiary/aromatic N) is 1. The van der Waals surface area contributed by atoms with Gasteiger partial charge in [-0.1, -0.05) is 6.07 Å². The summed E-state index contributed by atoms with van der Waals surface area (Å²) in [7, 11) is 1.25. The van der Waals surface area contributed by atoms with Crippen LogP contribution in [0, 0.1) is 15.9 Å². The number of carbonyl (C=O) groups excluding carboxylic acids is 1. The van der Waals surface area contributed by atoms with Gasteiger partial charge in [0.2, 0.25) is 5.75 Å². The minimum absolute atomic E-state index is 0.0241. The summed E-state index contributed by atoms with van der Waals surface area (Å²) in [5.74, 6) is -1.13. The number of nitro groups is 1. The molecule has 0 radical (unpaired) electrons. The van der Waals surface area contributed by atoms with E-state index in [0.717, 1.165) is 0 Å². The highest BCUT2D eigenvalue weighted by Gasteiger charge is 2.22. The lowest BCUT2D eigenvalue weighted by atomic mass is 10.1. The van der Waals surface area contributed by atoms with Crippen molar-refractivity contribution in [3.05, 3.63) is 64.0 Å². The molecule has 2 rings (SSSR count). The first kappa shape index (κ1) is 14.4. The molecule has 0 bridgehead atoms. The first-order valence-electron chi connectivity index (χ1n) is 5.91. The number of anilines is 1. The number of nitrogens with one attached hydrogen (secondary N) is 1. The Morgan fingerprint density at radius 1 is 1.24 bits per heavy atom. The van der Waals surface area contributed by atoms with E-state index in [1.165, 1.54) is 49.6 Å². The predicted octanol–water partition coefficient (Wildman–Crippen LogP) is 2.99. The van der Waals surface area contributed by atoms with E-state index >= 15 is 0 Å². The van der Waals surface area contributed by atoms with Crippen LogP contribution in [0.15, 0.2) is 42.5 Å². The number of ether oxygens (including phenoxy) is 1. The van der Waals surface area contributed by atoms with Gasteiger partial charge >= 0.3 is 5.69 Å². The maximum absolute atomic E-state index is 12.8. The lowest BCUT2D eigenvalue weighted by molar-refractivity contribution is -0.385. The fourth-order valence-electron chi connectivity index (χ4n) is 1.79. The highest BCUT2D eigenvalue weighted by atomic mass is 19.1. The van der Waals surface area contributed by atoms with E-state index in [2.05, 4.69) is 5.32 Å². The number of hydrogen-bond donors (Lipinski definition) is 1. The Kier molecular flexibility index (Phi) is 4.13.